The van der Waals surface area contributed by atoms with Crippen molar-refractivity contribution in [1.29, 1.82) is 0 Å². The Kier molecular flexibility index (Phi) is 6.58. The summed E-state index contributed by atoms with van der Waals surface area (Å²) in [5, 5.41) is 8.21. The first-order valence-corrected chi connectivity index (χ1v) is 9.69. The summed E-state index contributed by atoms with van der Waals surface area (Å²) in [6.07, 6.45) is 2.84. The lowest BCUT2D eigenvalue weighted by Crippen LogP contribution is -2.47. The second-order valence-electron chi connectivity index (χ2n) is 7.37. The SMILES string of the molecule is CCc1ccc(CN(C)CCn2cc(C(=O)N3CCN(C)CC3)nn2)cc1. The Morgan fingerprint density at radius 2 is 1.78 bits per heavy atom. The summed E-state index contributed by atoms with van der Waals surface area (Å²) in [5.74, 6) is -0.0151. The molecular formula is C20H30N6O. The fraction of sp³-hybridized carbons (Fsp3) is 0.550. The average molecular weight is 371 g/mol. The van der Waals surface area contributed by atoms with Gasteiger partial charge in [0.25, 0.3) is 5.91 Å². The lowest BCUT2D eigenvalue weighted by Gasteiger charge is -2.31. The van der Waals surface area contributed by atoms with Crippen molar-refractivity contribution < 1.29 is 4.79 Å². The van der Waals surface area contributed by atoms with Gasteiger partial charge in [0, 0.05) is 39.3 Å². The van der Waals surface area contributed by atoms with Crippen molar-refractivity contribution in [2.24, 2.45) is 0 Å². The zero-order valence-electron chi connectivity index (χ0n) is 16.6. The monoisotopic (exact) mass is 370 g/mol. The molecular weight excluding hydrogens is 340 g/mol. The lowest BCUT2D eigenvalue weighted by molar-refractivity contribution is 0.0658. The Bertz CT molecular complexity index is 733. The van der Waals surface area contributed by atoms with Gasteiger partial charge in [0.1, 0.15) is 0 Å². The third-order valence-electron chi connectivity index (χ3n) is 5.14. The topological polar surface area (TPSA) is 57.5 Å². The summed E-state index contributed by atoms with van der Waals surface area (Å²) in [7, 11) is 4.17. The van der Waals surface area contributed by atoms with Gasteiger partial charge in [-0.25, -0.2) is 0 Å². The third-order valence-corrected chi connectivity index (χ3v) is 5.14. The number of benzene rings is 1. The molecule has 0 atom stereocenters. The molecule has 1 fully saturated rings. The number of rotatable bonds is 7. The van der Waals surface area contributed by atoms with Crippen molar-refractivity contribution in [3.8, 4) is 0 Å². The lowest BCUT2D eigenvalue weighted by atomic mass is 10.1. The number of aromatic nitrogens is 3. The minimum Gasteiger partial charge on any atom is -0.335 e. The Morgan fingerprint density at radius 1 is 1.11 bits per heavy atom. The highest BCUT2D eigenvalue weighted by molar-refractivity contribution is 5.92. The highest BCUT2D eigenvalue weighted by Gasteiger charge is 2.22. The zero-order chi connectivity index (χ0) is 19.2. The second-order valence-corrected chi connectivity index (χ2v) is 7.37. The molecule has 0 saturated carbocycles. The molecule has 0 radical (unpaired) electrons. The summed E-state index contributed by atoms with van der Waals surface area (Å²) in [5.41, 5.74) is 3.11. The molecule has 0 spiro atoms. The second kappa shape index (κ2) is 9.10. The molecule has 7 heteroatoms. The van der Waals surface area contributed by atoms with E-state index in [1.165, 1.54) is 11.1 Å². The maximum Gasteiger partial charge on any atom is 0.276 e. The Balaban J connectivity index is 1.47. The van der Waals surface area contributed by atoms with E-state index in [0.29, 0.717) is 12.2 Å². The van der Waals surface area contributed by atoms with Gasteiger partial charge in [-0.2, -0.15) is 0 Å². The van der Waals surface area contributed by atoms with Gasteiger partial charge in [-0.3, -0.25) is 9.48 Å². The molecule has 2 aromatic rings. The van der Waals surface area contributed by atoms with Crippen LogP contribution in [0, 0.1) is 0 Å². The van der Waals surface area contributed by atoms with Crippen molar-refractivity contribution in [1.82, 2.24) is 29.7 Å². The normalized spacial score (nSPS) is 15.5. The van der Waals surface area contributed by atoms with Gasteiger partial charge < -0.3 is 14.7 Å². The number of hydrogen-bond donors (Lipinski definition) is 0. The molecule has 1 aromatic heterocycles. The number of likely N-dealkylation sites (N-methyl/N-ethyl adjacent to an activating group) is 2. The number of carbonyl (C=O) groups is 1. The van der Waals surface area contributed by atoms with Crippen LogP contribution >= 0.6 is 0 Å². The van der Waals surface area contributed by atoms with Crippen LogP contribution in [0.25, 0.3) is 0 Å². The van der Waals surface area contributed by atoms with E-state index in [9.17, 15) is 4.79 Å². The van der Waals surface area contributed by atoms with E-state index in [4.69, 9.17) is 0 Å². The number of aryl methyl sites for hydroxylation is 1. The first-order chi connectivity index (χ1) is 13.0. The van der Waals surface area contributed by atoms with E-state index in [0.717, 1.165) is 45.7 Å². The number of hydrogen-bond acceptors (Lipinski definition) is 5. The largest absolute Gasteiger partial charge is 0.335 e. The van der Waals surface area contributed by atoms with E-state index in [2.05, 4.69) is 65.4 Å². The van der Waals surface area contributed by atoms with Crippen LogP contribution in [-0.2, 0) is 19.5 Å². The number of amides is 1. The molecule has 0 unspecified atom stereocenters. The first-order valence-electron chi connectivity index (χ1n) is 9.69. The van der Waals surface area contributed by atoms with Gasteiger partial charge in [-0.15, -0.1) is 5.10 Å². The maximum atomic E-state index is 12.5. The molecule has 27 heavy (non-hydrogen) atoms. The molecule has 1 aliphatic rings. The molecule has 0 N–H and O–H groups in total. The molecule has 1 aromatic carbocycles. The molecule has 0 aliphatic carbocycles. The highest BCUT2D eigenvalue weighted by Crippen LogP contribution is 2.08. The van der Waals surface area contributed by atoms with Gasteiger partial charge in [0.2, 0.25) is 0 Å². The summed E-state index contributed by atoms with van der Waals surface area (Å²) in [4.78, 5) is 18.9. The minimum absolute atomic E-state index is 0.0151. The van der Waals surface area contributed by atoms with Crippen LogP contribution in [0.15, 0.2) is 30.5 Å². The fourth-order valence-electron chi connectivity index (χ4n) is 3.22. The molecule has 3 rings (SSSR count). The van der Waals surface area contributed by atoms with Crippen LogP contribution in [0.1, 0.15) is 28.5 Å². The summed E-state index contributed by atoms with van der Waals surface area (Å²) in [6.45, 7) is 7.94. The third kappa shape index (κ3) is 5.37. The van der Waals surface area contributed by atoms with Crippen LogP contribution < -0.4 is 0 Å². The van der Waals surface area contributed by atoms with E-state index in [1.807, 2.05) is 4.90 Å². The molecule has 2 heterocycles. The van der Waals surface area contributed by atoms with Crippen LogP contribution in [-0.4, -0.2) is 82.4 Å². The molecule has 0 bridgehead atoms. The number of nitrogens with zero attached hydrogens (tertiary/aromatic N) is 6. The standard InChI is InChI=1S/C20H30N6O/c1-4-17-5-7-18(8-6-17)15-24(3)11-14-26-16-19(21-22-26)20(27)25-12-9-23(2)10-13-25/h5-8,16H,4,9-15H2,1-3H3. The molecule has 1 saturated heterocycles. The molecule has 146 valence electrons. The van der Waals surface area contributed by atoms with E-state index < -0.39 is 0 Å². The van der Waals surface area contributed by atoms with Crippen molar-refractivity contribution in [2.45, 2.75) is 26.4 Å². The summed E-state index contributed by atoms with van der Waals surface area (Å²) >= 11 is 0. The van der Waals surface area contributed by atoms with E-state index in [1.54, 1.807) is 10.9 Å². The van der Waals surface area contributed by atoms with Crippen molar-refractivity contribution in [3.63, 3.8) is 0 Å². The number of piperazine rings is 1. The minimum atomic E-state index is -0.0151. The predicted molar refractivity (Wildman–Crippen MR) is 106 cm³/mol. The van der Waals surface area contributed by atoms with E-state index >= 15 is 0 Å². The van der Waals surface area contributed by atoms with Crippen molar-refractivity contribution in [2.75, 3.05) is 46.8 Å². The molecule has 7 nitrogen and oxygen atoms in total. The first kappa shape index (κ1) is 19.5. The average Bonchev–Trinajstić information content (AvgIpc) is 3.16. The summed E-state index contributed by atoms with van der Waals surface area (Å²) < 4.78 is 1.76. The van der Waals surface area contributed by atoms with E-state index in [-0.39, 0.29) is 5.91 Å². The van der Waals surface area contributed by atoms with Crippen molar-refractivity contribution >= 4 is 5.91 Å². The zero-order valence-corrected chi connectivity index (χ0v) is 16.6. The Hall–Kier alpha value is -2.25. The van der Waals surface area contributed by atoms with Crippen LogP contribution in [0.2, 0.25) is 0 Å². The van der Waals surface area contributed by atoms with Crippen molar-refractivity contribution in [3.05, 3.63) is 47.3 Å². The van der Waals surface area contributed by atoms with Gasteiger partial charge in [-0.1, -0.05) is 36.4 Å². The highest BCUT2D eigenvalue weighted by atomic mass is 16.2. The fourth-order valence-corrected chi connectivity index (χ4v) is 3.22. The Morgan fingerprint density at radius 3 is 2.44 bits per heavy atom. The van der Waals surface area contributed by atoms with Gasteiger partial charge in [-0.05, 0) is 31.6 Å². The molecule has 1 amide bonds. The quantitative estimate of drug-likeness (QED) is 0.737. The predicted octanol–water partition coefficient (Wildman–Crippen LogP) is 1.36. The number of carbonyl (C=O) groups excluding carboxylic acids is 1. The molecule has 1 aliphatic heterocycles. The smallest absolute Gasteiger partial charge is 0.276 e. The van der Waals surface area contributed by atoms with Crippen LogP contribution in [0.5, 0.6) is 0 Å². The van der Waals surface area contributed by atoms with Crippen LogP contribution in [0.3, 0.4) is 0 Å². The van der Waals surface area contributed by atoms with Gasteiger partial charge in [0.05, 0.1) is 12.7 Å². The van der Waals surface area contributed by atoms with Gasteiger partial charge >= 0.3 is 0 Å². The maximum absolute atomic E-state index is 12.5. The van der Waals surface area contributed by atoms with Gasteiger partial charge in [0.15, 0.2) is 5.69 Å². The Labute approximate surface area is 161 Å². The van der Waals surface area contributed by atoms with Crippen LogP contribution in [0.4, 0.5) is 0 Å². The summed E-state index contributed by atoms with van der Waals surface area (Å²) in [6, 6.07) is 8.77.